The second-order valence-electron chi connectivity index (χ2n) is 8.40. The van der Waals surface area contributed by atoms with Gasteiger partial charge in [-0.05, 0) is 18.9 Å². The van der Waals surface area contributed by atoms with Gasteiger partial charge in [-0.3, -0.25) is 25.1 Å². The Balaban J connectivity index is 1.75. The first-order chi connectivity index (χ1) is 15.6. The molecule has 3 heterocycles. The molecule has 3 rings (SSSR count). The van der Waals surface area contributed by atoms with Gasteiger partial charge in [-0.15, -0.1) is 0 Å². The number of fused-ring (bicyclic) bond motifs is 1. The molecule has 3 unspecified atom stereocenters. The number of rotatable bonds is 5. The zero-order chi connectivity index (χ0) is 24.4. The van der Waals surface area contributed by atoms with E-state index in [9.17, 15) is 24.3 Å². The number of aliphatic hydroxyl groups excluding tert-OH is 1. The summed E-state index contributed by atoms with van der Waals surface area (Å²) in [6, 6.07) is -0.494. The summed E-state index contributed by atoms with van der Waals surface area (Å²) in [6.45, 7) is 6.42. The third-order valence-electron chi connectivity index (χ3n) is 6.19. The predicted octanol–water partition coefficient (Wildman–Crippen LogP) is -0.486. The van der Waals surface area contributed by atoms with Crippen LogP contribution in [0.4, 0.5) is 4.79 Å². The number of hydrogen-bond donors (Lipinski definition) is 3. The highest BCUT2D eigenvalue weighted by Gasteiger charge is 2.60. The lowest BCUT2D eigenvalue weighted by Gasteiger charge is -2.46. The number of likely N-dealkylation sites (tertiary alicyclic amines) is 1. The largest absolute Gasteiger partial charge is 0.447 e. The van der Waals surface area contributed by atoms with Gasteiger partial charge in [-0.2, -0.15) is 0 Å². The van der Waals surface area contributed by atoms with Gasteiger partial charge >= 0.3 is 12.1 Å². The first kappa shape index (κ1) is 25.5. The maximum Gasteiger partial charge on any atom is 0.416 e. The smallest absolute Gasteiger partial charge is 0.416 e. The fourth-order valence-electron chi connectivity index (χ4n) is 4.77. The summed E-state index contributed by atoms with van der Waals surface area (Å²) in [5.41, 5.74) is 1.01. The Hall–Kier alpha value is -2.13. The number of aliphatic hydroxyl groups is 1. The van der Waals surface area contributed by atoms with Gasteiger partial charge in [0.25, 0.3) is 0 Å². The van der Waals surface area contributed by atoms with E-state index in [1.54, 1.807) is 6.92 Å². The lowest BCUT2D eigenvalue weighted by molar-refractivity contribution is -0.162. The molecule has 2 fully saturated rings. The number of carbonyl (C=O) groups excluding carboxylic acids is 4. The van der Waals surface area contributed by atoms with Crippen molar-refractivity contribution < 1.29 is 33.3 Å². The SMILES string of the molecule is CC(=O)NC(=N[C@H]1CCN(CC2=C(C(=O)OP)N3C(=O)C([C@@H](C)O)[C@H]3[C@H]2C)C1)NC(=O)OP. The minimum atomic E-state index is -0.813. The number of β-lactam (4-membered cyclic amide) rings is 1. The van der Waals surface area contributed by atoms with Crippen molar-refractivity contribution in [1.82, 2.24) is 20.4 Å². The minimum Gasteiger partial charge on any atom is -0.447 e. The summed E-state index contributed by atoms with van der Waals surface area (Å²) in [7, 11) is 3.73. The molecule has 0 radical (unpaired) electrons. The van der Waals surface area contributed by atoms with Crippen molar-refractivity contribution in [3.05, 3.63) is 11.3 Å². The normalized spacial score (nSPS) is 28.2. The zero-order valence-corrected chi connectivity index (χ0v) is 20.9. The van der Waals surface area contributed by atoms with Crippen molar-refractivity contribution >= 4 is 48.8 Å². The summed E-state index contributed by atoms with van der Waals surface area (Å²) >= 11 is 0. The lowest BCUT2D eigenvalue weighted by atomic mass is 9.77. The van der Waals surface area contributed by atoms with Gasteiger partial charge in [0.1, 0.15) is 5.70 Å². The Bertz CT molecular complexity index is 909. The highest BCUT2D eigenvalue weighted by molar-refractivity contribution is 7.11. The molecule has 182 valence electrons. The Morgan fingerprint density at radius 1 is 1.27 bits per heavy atom. The molecular weight excluding hydrogens is 472 g/mol. The minimum absolute atomic E-state index is 0.00273. The molecule has 3 aliphatic rings. The van der Waals surface area contributed by atoms with E-state index in [2.05, 4.69) is 25.0 Å². The summed E-state index contributed by atoms with van der Waals surface area (Å²) in [6.07, 6.45) is -0.935. The fourth-order valence-corrected chi connectivity index (χ4v) is 4.94. The van der Waals surface area contributed by atoms with Gasteiger partial charge in [0.15, 0.2) is 0 Å². The van der Waals surface area contributed by atoms with Crippen LogP contribution >= 0.6 is 18.9 Å². The fraction of sp³-hybridized carbons (Fsp3) is 0.632. The number of amides is 3. The Labute approximate surface area is 196 Å². The summed E-state index contributed by atoms with van der Waals surface area (Å²) in [5.74, 6) is -1.96. The van der Waals surface area contributed by atoms with Crippen LogP contribution in [0.5, 0.6) is 0 Å². The van der Waals surface area contributed by atoms with Gasteiger partial charge < -0.3 is 19.1 Å². The number of nitrogens with zero attached hydrogens (tertiary/aromatic N) is 3. The molecule has 0 aromatic heterocycles. The van der Waals surface area contributed by atoms with Gasteiger partial charge in [0, 0.05) is 32.5 Å². The number of carbonyl (C=O) groups is 4. The maximum atomic E-state index is 12.6. The molecule has 2 saturated heterocycles. The number of hydrogen-bond acceptors (Lipinski definition) is 9. The van der Waals surface area contributed by atoms with Crippen LogP contribution in [0.2, 0.25) is 0 Å². The molecule has 0 spiro atoms. The van der Waals surface area contributed by atoms with E-state index in [-0.39, 0.29) is 41.5 Å². The molecule has 3 aliphatic heterocycles. The van der Waals surface area contributed by atoms with Crippen LogP contribution in [0.3, 0.4) is 0 Å². The van der Waals surface area contributed by atoms with Crippen LogP contribution in [-0.4, -0.2) is 82.6 Å². The lowest BCUT2D eigenvalue weighted by Crippen LogP contribution is -2.63. The number of nitrogens with one attached hydrogen (secondary N) is 2. The van der Waals surface area contributed by atoms with Crippen molar-refractivity contribution in [2.75, 3.05) is 19.6 Å². The first-order valence-corrected chi connectivity index (χ1v) is 11.4. The standard InChI is InChI=1S/C19H29N5O7P2/c1-8-12(15(17(28)30-32)24-14(8)13(9(2)25)16(24)27)7-23-5-4-11(6-23)21-18(20-10(3)26)22-19(29)31-33/h8-9,11,13-14,25H,4-7,32-33H2,1-3H3,(H2,20,21,22,26,29)/t8-,9+,11-,13?,14+/m0/s1. The van der Waals surface area contributed by atoms with Crippen LogP contribution in [0.1, 0.15) is 27.2 Å². The average Bonchev–Trinajstić information content (AvgIpc) is 3.27. The number of aliphatic imine (C=N–C) groups is 1. The molecular formula is C19H29N5O7P2. The molecule has 7 atom stereocenters. The van der Waals surface area contributed by atoms with E-state index >= 15 is 0 Å². The highest BCUT2D eigenvalue weighted by atomic mass is 31.0. The van der Waals surface area contributed by atoms with Gasteiger partial charge in [0.05, 0.1) is 43.0 Å². The van der Waals surface area contributed by atoms with Crippen LogP contribution in [0.15, 0.2) is 16.3 Å². The summed E-state index contributed by atoms with van der Waals surface area (Å²) < 4.78 is 9.34. The molecule has 33 heavy (non-hydrogen) atoms. The summed E-state index contributed by atoms with van der Waals surface area (Å²) in [4.78, 5) is 56.0. The maximum absolute atomic E-state index is 12.6. The van der Waals surface area contributed by atoms with Crippen molar-refractivity contribution in [2.45, 2.75) is 45.4 Å². The molecule has 0 bridgehead atoms. The number of guanidine groups is 1. The van der Waals surface area contributed by atoms with Crippen LogP contribution in [-0.2, 0) is 23.4 Å². The van der Waals surface area contributed by atoms with E-state index in [0.717, 1.165) is 5.57 Å². The summed E-state index contributed by atoms with van der Waals surface area (Å²) in [5, 5.41) is 14.9. The zero-order valence-electron chi connectivity index (χ0n) is 18.6. The molecule has 0 aromatic carbocycles. The van der Waals surface area contributed by atoms with Crippen molar-refractivity contribution in [1.29, 1.82) is 0 Å². The third-order valence-corrected chi connectivity index (χ3v) is 6.62. The Kier molecular flexibility index (Phi) is 8.05. The second kappa shape index (κ2) is 10.4. The van der Waals surface area contributed by atoms with E-state index < -0.39 is 24.1 Å². The van der Waals surface area contributed by atoms with E-state index in [1.807, 2.05) is 25.9 Å². The molecule has 14 heteroatoms. The topological polar surface area (TPSA) is 150 Å². The van der Waals surface area contributed by atoms with Crippen molar-refractivity contribution in [3.8, 4) is 0 Å². The molecule has 0 saturated carbocycles. The van der Waals surface area contributed by atoms with Crippen molar-refractivity contribution in [3.63, 3.8) is 0 Å². The predicted molar refractivity (Wildman–Crippen MR) is 123 cm³/mol. The second-order valence-corrected chi connectivity index (χ2v) is 8.87. The molecule has 0 aliphatic carbocycles. The first-order valence-electron chi connectivity index (χ1n) is 10.5. The average molecular weight is 501 g/mol. The molecule has 12 nitrogen and oxygen atoms in total. The quantitative estimate of drug-likeness (QED) is 0.198. The monoisotopic (exact) mass is 501 g/mol. The van der Waals surface area contributed by atoms with Gasteiger partial charge in [-0.1, -0.05) is 6.92 Å². The van der Waals surface area contributed by atoms with Crippen LogP contribution in [0, 0.1) is 11.8 Å². The van der Waals surface area contributed by atoms with Gasteiger partial charge in [0.2, 0.25) is 17.8 Å². The third kappa shape index (κ3) is 5.19. The van der Waals surface area contributed by atoms with E-state index in [1.165, 1.54) is 11.8 Å². The molecule has 3 N–H and O–H groups in total. The van der Waals surface area contributed by atoms with E-state index in [4.69, 9.17) is 4.52 Å². The molecule has 0 aromatic rings. The van der Waals surface area contributed by atoms with Crippen LogP contribution in [0.25, 0.3) is 0 Å². The molecule has 3 amide bonds. The van der Waals surface area contributed by atoms with Crippen LogP contribution < -0.4 is 10.6 Å². The van der Waals surface area contributed by atoms with Gasteiger partial charge in [-0.25, -0.2) is 14.6 Å². The van der Waals surface area contributed by atoms with E-state index in [0.29, 0.717) is 26.1 Å². The Morgan fingerprint density at radius 2 is 1.97 bits per heavy atom. The highest BCUT2D eigenvalue weighted by Crippen LogP contribution is 2.47. The van der Waals surface area contributed by atoms with Crippen molar-refractivity contribution in [2.24, 2.45) is 16.8 Å². The Morgan fingerprint density at radius 3 is 2.55 bits per heavy atom.